The van der Waals surface area contributed by atoms with Crippen molar-refractivity contribution in [3.63, 3.8) is 0 Å². The number of hydrogen-bond donors (Lipinski definition) is 0. The molecule has 0 saturated heterocycles. The highest BCUT2D eigenvalue weighted by molar-refractivity contribution is 9.10. The first-order valence-corrected chi connectivity index (χ1v) is 13.4. The van der Waals surface area contributed by atoms with Crippen LogP contribution in [0.25, 0.3) is 16.5 Å². The van der Waals surface area contributed by atoms with E-state index in [-0.39, 0.29) is 5.82 Å². The van der Waals surface area contributed by atoms with Gasteiger partial charge in [0.05, 0.1) is 4.90 Å². The quantitative estimate of drug-likeness (QED) is 0.296. The predicted molar refractivity (Wildman–Crippen MR) is 138 cm³/mol. The number of nitrogens with zero attached hydrogens (tertiary/aromatic N) is 2. The van der Waals surface area contributed by atoms with Gasteiger partial charge in [-0.3, -0.25) is 0 Å². The molecular weight excluding hydrogens is 515 g/mol. The van der Waals surface area contributed by atoms with E-state index in [1.807, 2.05) is 24.3 Å². The molecule has 7 heteroatoms. The van der Waals surface area contributed by atoms with Gasteiger partial charge < -0.3 is 4.57 Å². The van der Waals surface area contributed by atoms with Crippen molar-refractivity contribution in [2.24, 2.45) is 0 Å². The minimum Gasteiger partial charge on any atom is -0.340 e. The minimum absolute atomic E-state index is 0.242. The van der Waals surface area contributed by atoms with Crippen LogP contribution in [-0.2, 0) is 16.6 Å². The molecular formula is C27H24BrFN2O2S. The van der Waals surface area contributed by atoms with Crippen LogP contribution < -0.4 is 0 Å². The number of para-hydroxylation sites is 1. The van der Waals surface area contributed by atoms with E-state index in [9.17, 15) is 12.8 Å². The molecule has 0 aliphatic carbocycles. The molecule has 174 valence electrons. The van der Waals surface area contributed by atoms with Gasteiger partial charge in [-0.25, -0.2) is 12.8 Å². The van der Waals surface area contributed by atoms with Gasteiger partial charge in [0, 0.05) is 46.3 Å². The molecule has 34 heavy (non-hydrogen) atoms. The number of rotatable bonds is 5. The summed E-state index contributed by atoms with van der Waals surface area (Å²) in [6.07, 6.45) is 2.66. The zero-order valence-corrected chi connectivity index (χ0v) is 21.1. The van der Waals surface area contributed by atoms with Gasteiger partial charge in [0.15, 0.2) is 0 Å². The van der Waals surface area contributed by atoms with E-state index in [1.54, 1.807) is 36.4 Å². The Morgan fingerprint density at radius 1 is 1.00 bits per heavy atom. The van der Waals surface area contributed by atoms with Crippen molar-refractivity contribution in [2.75, 3.05) is 13.1 Å². The highest BCUT2D eigenvalue weighted by atomic mass is 79.9. The average molecular weight is 539 g/mol. The van der Waals surface area contributed by atoms with Crippen molar-refractivity contribution in [2.45, 2.75) is 24.8 Å². The number of sulfonamides is 1. The largest absolute Gasteiger partial charge is 0.340 e. The molecule has 0 unspecified atom stereocenters. The van der Waals surface area contributed by atoms with Gasteiger partial charge in [-0.15, -0.1) is 0 Å². The first-order valence-electron chi connectivity index (χ1n) is 11.1. The molecule has 0 saturated carbocycles. The summed E-state index contributed by atoms with van der Waals surface area (Å²) in [7, 11) is -3.55. The Morgan fingerprint density at radius 2 is 1.76 bits per heavy atom. The van der Waals surface area contributed by atoms with Crippen LogP contribution in [-0.4, -0.2) is 30.4 Å². The van der Waals surface area contributed by atoms with Gasteiger partial charge in [-0.2, -0.15) is 4.31 Å². The summed E-state index contributed by atoms with van der Waals surface area (Å²) in [5.41, 5.74) is 5.38. The Balaban J connectivity index is 1.49. The maximum atomic E-state index is 13.8. The van der Waals surface area contributed by atoms with Crippen LogP contribution >= 0.6 is 15.9 Å². The van der Waals surface area contributed by atoms with E-state index < -0.39 is 10.0 Å². The average Bonchev–Trinajstić information content (AvgIpc) is 3.11. The van der Waals surface area contributed by atoms with Crippen molar-refractivity contribution >= 4 is 42.4 Å². The lowest BCUT2D eigenvalue weighted by Crippen LogP contribution is -2.34. The second-order valence-electron chi connectivity index (χ2n) is 8.49. The minimum atomic E-state index is -3.55. The van der Waals surface area contributed by atoms with Crippen molar-refractivity contribution in [1.82, 2.24) is 8.87 Å². The van der Waals surface area contributed by atoms with E-state index in [1.165, 1.54) is 10.4 Å². The van der Waals surface area contributed by atoms with Crippen molar-refractivity contribution in [1.29, 1.82) is 0 Å². The topological polar surface area (TPSA) is 42.3 Å². The van der Waals surface area contributed by atoms with Crippen LogP contribution in [0.1, 0.15) is 23.2 Å². The highest BCUT2D eigenvalue weighted by Gasteiger charge is 2.28. The Bertz CT molecular complexity index is 1510. The third-order valence-corrected chi connectivity index (χ3v) is 8.81. The third kappa shape index (κ3) is 4.24. The van der Waals surface area contributed by atoms with Crippen LogP contribution in [0.15, 0.2) is 88.2 Å². The molecule has 0 fully saturated rings. The van der Waals surface area contributed by atoms with Gasteiger partial charge >= 0.3 is 0 Å². The molecule has 5 rings (SSSR count). The molecule has 4 aromatic rings. The summed E-state index contributed by atoms with van der Waals surface area (Å²) in [4.78, 5) is 0.301. The Labute approximate surface area is 207 Å². The van der Waals surface area contributed by atoms with Gasteiger partial charge in [0.1, 0.15) is 5.82 Å². The molecule has 2 heterocycles. The lowest BCUT2D eigenvalue weighted by molar-refractivity contribution is 0.441. The zero-order chi connectivity index (χ0) is 23.9. The first-order chi connectivity index (χ1) is 16.3. The Kier molecular flexibility index (Phi) is 6.18. The third-order valence-electron chi connectivity index (χ3n) is 6.40. The monoisotopic (exact) mass is 538 g/mol. The number of aromatic nitrogens is 1. The second-order valence-corrected chi connectivity index (χ2v) is 11.3. The summed E-state index contributed by atoms with van der Waals surface area (Å²) in [6, 6.07) is 21.6. The van der Waals surface area contributed by atoms with Crippen LogP contribution in [0.3, 0.4) is 0 Å². The number of fused-ring (bicyclic) bond motifs is 1. The second kappa shape index (κ2) is 9.13. The molecule has 3 aromatic carbocycles. The summed E-state index contributed by atoms with van der Waals surface area (Å²) in [6.45, 7) is 3.41. The summed E-state index contributed by atoms with van der Waals surface area (Å²) in [5.74, 6) is -0.242. The first kappa shape index (κ1) is 23.0. The van der Waals surface area contributed by atoms with E-state index >= 15 is 0 Å². The molecule has 0 bridgehead atoms. The van der Waals surface area contributed by atoms with Crippen LogP contribution in [0.2, 0.25) is 0 Å². The summed E-state index contributed by atoms with van der Waals surface area (Å²) >= 11 is 3.36. The Hall–Kier alpha value is -2.74. The maximum Gasteiger partial charge on any atom is 0.243 e. The highest BCUT2D eigenvalue weighted by Crippen LogP contribution is 2.36. The maximum absolute atomic E-state index is 13.8. The van der Waals surface area contributed by atoms with Crippen molar-refractivity contribution in [3.05, 3.63) is 106 Å². The van der Waals surface area contributed by atoms with Crippen LogP contribution in [0, 0.1) is 12.7 Å². The lowest BCUT2D eigenvalue weighted by Gasteiger charge is -2.26. The lowest BCUT2D eigenvalue weighted by atomic mass is 9.97. The summed E-state index contributed by atoms with van der Waals surface area (Å²) in [5, 5.41) is 1.13. The van der Waals surface area contributed by atoms with Crippen molar-refractivity contribution < 1.29 is 12.8 Å². The number of halogens is 2. The Morgan fingerprint density at radius 3 is 2.47 bits per heavy atom. The number of hydrogen-bond acceptors (Lipinski definition) is 2. The molecule has 0 amide bonds. The fraction of sp³-hybridized carbons (Fsp3) is 0.185. The molecule has 0 spiro atoms. The predicted octanol–water partition coefficient (Wildman–Crippen LogP) is 6.38. The van der Waals surface area contributed by atoms with Gasteiger partial charge in [-0.05, 0) is 66.9 Å². The van der Waals surface area contributed by atoms with E-state index in [0.717, 1.165) is 37.8 Å². The standard InChI is InChI=1S/C27H24BrFN2O2S/c1-19-27(21-13-15-30(16-14-21)34(32,33)24-11-9-22(28)10-12-24)25-7-2-3-8-26(25)31(19)18-20-5-4-6-23(29)17-20/h2-13,17H,14-16,18H2,1H3. The van der Waals surface area contributed by atoms with Gasteiger partial charge in [-0.1, -0.05) is 52.3 Å². The van der Waals surface area contributed by atoms with E-state index in [4.69, 9.17) is 0 Å². The normalized spacial score (nSPS) is 15.0. The number of benzene rings is 3. The van der Waals surface area contributed by atoms with Gasteiger partial charge in [0.2, 0.25) is 10.0 Å². The zero-order valence-electron chi connectivity index (χ0n) is 18.7. The smallest absolute Gasteiger partial charge is 0.243 e. The van der Waals surface area contributed by atoms with E-state index in [2.05, 4.69) is 39.6 Å². The fourth-order valence-corrected chi connectivity index (χ4v) is 6.35. The molecule has 1 aromatic heterocycles. The van der Waals surface area contributed by atoms with Crippen molar-refractivity contribution in [3.8, 4) is 0 Å². The molecule has 4 nitrogen and oxygen atoms in total. The van der Waals surface area contributed by atoms with E-state index in [0.29, 0.717) is 31.0 Å². The SMILES string of the molecule is Cc1c(C2=CCN(S(=O)(=O)c3ccc(Br)cc3)CC2)c2ccccc2n1Cc1cccc(F)c1. The van der Waals surface area contributed by atoms with Crippen LogP contribution in [0.4, 0.5) is 4.39 Å². The van der Waals surface area contributed by atoms with Gasteiger partial charge in [0.25, 0.3) is 0 Å². The molecule has 1 aliphatic heterocycles. The molecule has 1 aliphatic rings. The fourth-order valence-electron chi connectivity index (χ4n) is 4.71. The molecule has 0 radical (unpaired) electrons. The van der Waals surface area contributed by atoms with Crippen LogP contribution in [0.5, 0.6) is 0 Å². The molecule has 0 atom stereocenters. The summed E-state index contributed by atoms with van der Waals surface area (Å²) < 4.78 is 44.6. The molecule has 0 N–H and O–H groups in total.